The molecule has 12 heavy (non-hydrogen) atoms. The Kier molecular flexibility index (Phi) is 2.89. The van der Waals surface area contributed by atoms with E-state index < -0.39 is 0 Å². The van der Waals surface area contributed by atoms with E-state index in [-0.39, 0.29) is 0 Å². The normalized spacial score (nSPS) is 10.2. The molecule has 0 fully saturated rings. The van der Waals surface area contributed by atoms with Gasteiger partial charge < -0.3 is 5.73 Å². The smallest absolute Gasteiger partial charge is 0.0815 e. The number of nitrogens with two attached hydrogens (primary N) is 1. The number of hydrogen-bond acceptors (Lipinski definition) is 2. The summed E-state index contributed by atoms with van der Waals surface area (Å²) in [4.78, 5) is 0. The average Bonchev–Trinajstić information content (AvgIpc) is 2.36. The SMILES string of the molecule is C=C(CN)Cn1ncc(Cl)c1C. The van der Waals surface area contributed by atoms with Crippen molar-refractivity contribution in [1.82, 2.24) is 9.78 Å². The van der Waals surface area contributed by atoms with Crippen LogP contribution in [0.4, 0.5) is 0 Å². The van der Waals surface area contributed by atoms with Crippen LogP contribution in [-0.4, -0.2) is 16.3 Å². The quantitative estimate of drug-likeness (QED) is 0.723. The molecule has 0 unspecified atom stereocenters. The second-order valence-electron chi connectivity index (χ2n) is 2.69. The Morgan fingerprint density at radius 1 is 1.83 bits per heavy atom. The van der Waals surface area contributed by atoms with Crippen LogP contribution in [0.5, 0.6) is 0 Å². The Hall–Kier alpha value is -0.800. The number of aromatic nitrogens is 2. The third kappa shape index (κ3) is 1.87. The molecule has 2 N–H and O–H groups in total. The van der Waals surface area contributed by atoms with Crippen LogP contribution >= 0.6 is 11.6 Å². The number of rotatable bonds is 3. The Balaban J connectivity index is 2.76. The summed E-state index contributed by atoms with van der Waals surface area (Å²) in [6, 6.07) is 0. The van der Waals surface area contributed by atoms with E-state index in [0.717, 1.165) is 11.3 Å². The predicted octanol–water partition coefficient (Wildman–Crippen LogP) is 1.36. The van der Waals surface area contributed by atoms with Crippen LogP contribution in [0.3, 0.4) is 0 Å². The van der Waals surface area contributed by atoms with E-state index in [4.69, 9.17) is 17.3 Å². The van der Waals surface area contributed by atoms with Crippen molar-refractivity contribution in [2.75, 3.05) is 6.54 Å². The number of nitrogens with zero attached hydrogens (tertiary/aromatic N) is 2. The highest BCUT2D eigenvalue weighted by molar-refractivity contribution is 6.31. The van der Waals surface area contributed by atoms with Gasteiger partial charge in [-0.15, -0.1) is 0 Å². The van der Waals surface area contributed by atoms with Crippen LogP contribution in [0.25, 0.3) is 0 Å². The van der Waals surface area contributed by atoms with Crippen molar-refractivity contribution in [3.63, 3.8) is 0 Å². The molecule has 3 nitrogen and oxygen atoms in total. The van der Waals surface area contributed by atoms with Crippen molar-refractivity contribution in [2.24, 2.45) is 5.73 Å². The summed E-state index contributed by atoms with van der Waals surface area (Å²) in [6.45, 7) is 6.84. The first-order valence-corrected chi connectivity index (χ1v) is 4.07. The predicted molar refractivity (Wildman–Crippen MR) is 50.2 cm³/mol. The molecule has 0 radical (unpaired) electrons. The minimum absolute atomic E-state index is 0.483. The van der Waals surface area contributed by atoms with Crippen molar-refractivity contribution in [3.8, 4) is 0 Å². The van der Waals surface area contributed by atoms with E-state index in [1.54, 1.807) is 10.9 Å². The lowest BCUT2D eigenvalue weighted by Gasteiger charge is -2.04. The fourth-order valence-electron chi connectivity index (χ4n) is 0.859. The first-order chi connectivity index (χ1) is 5.65. The molecule has 1 rings (SSSR count). The summed E-state index contributed by atoms with van der Waals surface area (Å²) in [5.41, 5.74) is 7.30. The fourth-order valence-corrected chi connectivity index (χ4v) is 1.00. The molecule has 0 bridgehead atoms. The van der Waals surface area contributed by atoms with Crippen molar-refractivity contribution >= 4 is 11.6 Å². The molecule has 0 aliphatic carbocycles. The fraction of sp³-hybridized carbons (Fsp3) is 0.375. The van der Waals surface area contributed by atoms with Gasteiger partial charge in [-0.25, -0.2) is 0 Å². The molecule has 1 heterocycles. The minimum Gasteiger partial charge on any atom is -0.327 e. The van der Waals surface area contributed by atoms with Gasteiger partial charge in [0.05, 0.1) is 23.5 Å². The van der Waals surface area contributed by atoms with E-state index in [0.29, 0.717) is 18.1 Å². The molecule has 0 spiro atoms. The minimum atomic E-state index is 0.483. The van der Waals surface area contributed by atoms with Gasteiger partial charge in [0.2, 0.25) is 0 Å². The maximum absolute atomic E-state index is 5.81. The molecular weight excluding hydrogens is 174 g/mol. The van der Waals surface area contributed by atoms with E-state index >= 15 is 0 Å². The van der Waals surface area contributed by atoms with Crippen molar-refractivity contribution in [3.05, 3.63) is 29.1 Å². The van der Waals surface area contributed by atoms with E-state index in [2.05, 4.69) is 11.7 Å². The second kappa shape index (κ2) is 3.74. The third-order valence-corrected chi connectivity index (χ3v) is 2.08. The molecule has 0 aliphatic rings. The highest BCUT2D eigenvalue weighted by Gasteiger charge is 2.03. The summed E-state index contributed by atoms with van der Waals surface area (Å²) < 4.78 is 1.79. The van der Waals surface area contributed by atoms with Crippen molar-refractivity contribution in [2.45, 2.75) is 13.5 Å². The summed E-state index contributed by atoms with van der Waals surface area (Å²) in [5, 5.41) is 4.75. The standard InChI is InChI=1S/C8H12ClN3/c1-6(3-10)5-12-7(2)8(9)4-11-12/h4H,1,3,5,10H2,2H3. The average molecular weight is 186 g/mol. The monoisotopic (exact) mass is 185 g/mol. The van der Waals surface area contributed by atoms with Crippen LogP contribution in [0, 0.1) is 6.92 Å². The molecule has 66 valence electrons. The van der Waals surface area contributed by atoms with E-state index in [9.17, 15) is 0 Å². The van der Waals surface area contributed by atoms with Gasteiger partial charge in [-0.2, -0.15) is 5.10 Å². The maximum Gasteiger partial charge on any atom is 0.0815 e. The molecule has 0 saturated heterocycles. The lowest BCUT2D eigenvalue weighted by atomic mass is 10.3. The number of halogens is 1. The van der Waals surface area contributed by atoms with Gasteiger partial charge in [0.1, 0.15) is 0 Å². The Morgan fingerprint density at radius 2 is 2.50 bits per heavy atom. The van der Waals surface area contributed by atoms with Crippen molar-refractivity contribution < 1.29 is 0 Å². The summed E-state index contributed by atoms with van der Waals surface area (Å²) in [5.74, 6) is 0. The molecular formula is C8H12ClN3. The Morgan fingerprint density at radius 3 is 2.92 bits per heavy atom. The molecule has 1 aromatic rings. The third-order valence-electron chi connectivity index (χ3n) is 1.71. The first-order valence-electron chi connectivity index (χ1n) is 3.69. The van der Waals surface area contributed by atoms with Gasteiger partial charge in [-0.1, -0.05) is 18.2 Å². The van der Waals surface area contributed by atoms with E-state index in [1.165, 1.54) is 0 Å². The lowest BCUT2D eigenvalue weighted by Crippen LogP contribution is -2.11. The Labute approximate surface area is 76.8 Å². The van der Waals surface area contributed by atoms with Crippen LogP contribution in [0.1, 0.15) is 5.69 Å². The largest absolute Gasteiger partial charge is 0.327 e. The van der Waals surface area contributed by atoms with Gasteiger partial charge in [0, 0.05) is 6.54 Å². The zero-order chi connectivity index (χ0) is 9.14. The van der Waals surface area contributed by atoms with Gasteiger partial charge in [0.25, 0.3) is 0 Å². The molecule has 0 amide bonds. The molecule has 0 aromatic carbocycles. The summed E-state index contributed by atoms with van der Waals surface area (Å²) in [7, 11) is 0. The van der Waals surface area contributed by atoms with Gasteiger partial charge in [-0.05, 0) is 12.5 Å². The van der Waals surface area contributed by atoms with Crippen LogP contribution in [0.2, 0.25) is 5.02 Å². The van der Waals surface area contributed by atoms with Crippen molar-refractivity contribution in [1.29, 1.82) is 0 Å². The first kappa shape index (κ1) is 9.29. The van der Waals surface area contributed by atoms with Crippen LogP contribution in [-0.2, 0) is 6.54 Å². The molecule has 0 aliphatic heterocycles. The van der Waals surface area contributed by atoms with Crippen LogP contribution in [0.15, 0.2) is 18.3 Å². The van der Waals surface area contributed by atoms with Gasteiger partial charge >= 0.3 is 0 Å². The highest BCUT2D eigenvalue weighted by atomic mass is 35.5. The summed E-state index contributed by atoms with van der Waals surface area (Å²) in [6.07, 6.45) is 1.63. The van der Waals surface area contributed by atoms with E-state index in [1.807, 2.05) is 6.92 Å². The molecule has 1 aromatic heterocycles. The lowest BCUT2D eigenvalue weighted by molar-refractivity contribution is 0.650. The maximum atomic E-state index is 5.81. The van der Waals surface area contributed by atoms with Gasteiger partial charge in [-0.3, -0.25) is 4.68 Å². The number of hydrogen-bond donors (Lipinski definition) is 1. The summed E-state index contributed by atoms with van der Waals surface area (Å²) >= 11 is 5.81. The molecule has 0 saturated carbocycles. The van der Waals surface area contributed by atoms with Gasteiger partial charge in [0.15, 0.2) is 0 Å². The zero-order valence-corrected chi connectivity index (χ0v) is 7.80. The Bertz CT molecular complexity index is 290. The molecule has 4 heteroatoms. The highest BCUT2D eigenvalue weighted by Crippen LogP contribution is 2.13. The zero-order valence-electron chi connectivity index (χ0n) is 7.05. The molecule has 0 atom stereocenters. The second-order valence-corrected chi connectivity index (χ2v) is 3.10. The topological polar surface area (TPSA) is 43.8 Å². The van der Waals surface area contributed by atoms with Crippen LogP contribution < -0.4 is 5.73 Å².